The fourth-order valence-electron chi connectivity index (χ4n) is 3.34. The standard InChI is InChI=1S/C19H22FN3O2/c20-15-5-7-16(8-6-15)25-12-13-2-1-9-23(11-13)19(24)18-10-17(21-22-18)14-3-4-14/h5-8,10,13-14H,1-4,9,11-12H2,(H,21,22)/t13-/m1/s1. The van der Waals surface area contributed by atoms with Gasteiger partial charge in [0, 0.05) is 30.6 Å². The number of nitrogens with zero attached hydrogens (tertiary/aromatic N) is 2. The molecule has 1 atom stereocenters. The van der Waals surface area contributed by atoms with E-state index in [1.807, 2.05) is 11.0 Å². The molecule has 4 rings (SSSR count). The summed E-state index contributed by atoms with van der Waals surface area (Å²) in [4.78, 5) is 14.5. The molecule has 1 aliphatic carbocycles. The van der Waals surface area contributed by atoms with Crippen molar-refractivity contribution >= 4 is 5.91 Å². The first-order valence-electron chi connectivity index (χ1n) is 8.92. The smallest absolute Gasteiger partial charge is 0.274 e. The maximum atomic E-state index is 12.9. The maximum Gasteiger partial charge on any atom is 0.274 e. The Balaban J connectivity index is 1.33. The molecule has 0 bridgehead atoms. The van der Waals surface area contributed by atoms with Gasteiger partial charge in [0.25, 0.3) is 5.91 Å². The highest BCUT2D eigenvalue weighted by molar-refractivity contribution is 5.92. The van der Waals surface area contributed by atoms with E-state index in [1.165, 1.54) is 25.0 Å². The molecule has 25 heavy (non-hydrogen) atoms. The Morgan fingerprint density at radius 1 is 1.28 bits per heavy atom. The molecule has 0 spiro atoms. The second kappa shape index (κ2) is 6.86. The first kappa shape index (κ1) is 16.1. The minimum absolute atomic E-state index is 0.00497. The molecule has 132 valence electrons. The van der Waals surface area contributed by atoms with Crippen LogP contribution in [0.3, 0.4) is 0 Å². The van der Waals surface area contributed by atoms with Crippen LogP contribution < -0.4 is 4.74 Å². The number of hydrogen-bond donors (Lipinski definition) is 1. The van der Waals surface area contributed by atoms with Gasteiger partial charge < -0.3 is 9.64 Å². The Hall–Kier alpha value is -2.37. The number of aromatic amines is 1. The average Bonchev–Trinajstić information content (AvgIpc) is 3.38. The van der Waals surface area contributed by atoms with Gasteiger partial charge in [0.15, 0.2) is 0 Å². The number of benzene rings is 1. The topological polar surface area (TPSA) is 58.2 Å². The van der Waals surface area contributed by atoms with Gasteiger partial charge in [-0.25, -0.2) is 4.39 Å². The molecule has 2 fully saturated rings. The van der Waals surface area contributed by atoms with Crippen LogP contribution in [0.4, 0.5) is 4.39 Å². The number of aromatic nitrogens is 2. The zero-order valence-corrected chi connectivity index (χ0v) is 14.1. The van der Waals surface area contributed by atoms with E-state index in [1.54, 1.807) is 12.1 Å². The Kier molecular flexibility index (Phi) is 4.42. The predicted molar refractivity (Wildman–Crippen MR) is 91.1 cm³/mol. The van der Waals surface area contributed by atoms with Gasteiger partial charge in [-0.15, -0.1) is 0 Å². The first-order chi connectivity index (χ1) is 12.2. The molecule has 1 saturated carbocycles. The van der Waals surface area contributed by atoms with E-state index < -0.39 is 0 Å². The summed E-state index contributed by atoms with van der Waals surface area (Å²) in [6.45, 7) is 1.96. The normalized spacial score (nSPS) is 20.5. The summed E-state index contributed by atoms with van der Waals surface area (Å²) in [7, 11) is 0. The van der Waals surface area contributed by atoms with Crippen molar-refractivity contribution < 1.29 is 13.9 Å². The minimum Gasteiger partial charge on any atom is -0.493 e. The van der Waals surface area contributed by atoms with Gasteiger partial charge >= 0.3 is 0 Å². The van der Waals surface area contributed by atoms with Gasteiger partial charge in [0.1, 0.15) is 17.3 Å². The van der Waals surface area contributed by atoms with E-state index in [0.29, 0.717) is 30.5 Å². The summed E-state index contributed by atoms with van der Waals surface area (Å²) < 4.78 is 18.7. The lowest BCUT2D eigenvalue weighted by atomic mass is 9.98. The van der Waals surface area contributed by atoms with E-state index in [9.17, 15) is 9.18 Å². The van der Waals surface area contributed by atoms with E-state index >= 15 is 0 Å². The molecule has 1 aromatic heterocycles. The Morgan fingerprint density at radius 2 is 2.08 bits per heavy atom. The van der Waals surface area contributed by atoms with Crippen LogP contribution in [0.5, 0.6) is 5.75 Å². The van der Waals surface area contributed by atoms with Crippen molar-refractivity contribution in [3.8, 4) is 5.75 Å². The van der Waals surface area contributed by atoms with Crippen LogP contribution in [0.15, 0.2) is 30.3 Å². The largest absolute Gasteiger partial charge is 0.493 e. The molecule has 1 saturated heterocycles. The maximum absolute atomic E-state index is 12.9. The zero-order valence-electron chi connectivity index (χ0n) is 14.1. The summed E-state index contributed by atoms with van der Waals surface area (Å²) in [6.07, 6.45) is 4.35. The van der Waals surface area contributed by atoms with E-state index in [0.717, 1.165) is 25.1 Å². The van der Waals surface area contributed by atoms with Crippen LogP contribution in [0.25, 0.3) is 0 Å². The summed E-state index contributed by atoms with van der Waals surface area (Å²) in [6, 6.07) is 7.94. The molecule has 2 aromatic rings. The molecule has 1 aromatic carbocycles. The minimum atomic E-state index is -0.272. The second-order valence-corrected chi connectivity index (χ2v) is 7.01. The number of likely N-dealkylation sites (tertiary alicyclic amines) is 1. The summed E-state index contributed by atoms with van der Waals surface area (Å²) in [5.74, 6) is 1.23. The van der Waals surface area contributed by atoms with Crippen molar-refractivity contribution in [2.24, 2.45) is 5.92 Å². The lowest BCUT2D eigenvalue weighted by Gasteiger charge is -2.32. The van der Waals surface area contributed by atoms with Gasteiger partial charge in [0.05, 0.1) is 6.61 Å². The molecular formula is C19H22FN3O2. The number of hydrogen-bond acceptors (Lipinski definition) is 3. The lowest BCUT2D eigenvalue weighted by molar-refractivity contribution is 0.0627. The predicted octanol–water partition coefficient (Wildman–Crippen LogP) is 3.36. The van der Waals surface area contributed by atoms with Crippen LogP contribution >= 0.6 is 0 Å². The molecule has 2 aliphatic rings. The van der Waals surface area contributed by atoms with Crippen molar-refractivity contribution in [3.05, 3.63) is 47.5 Å². The lowest BCUT2D eigenvalue weighted by Crippen LogP contribution is -2.41. The fourth-order valence-corrected chi connectivity index (χ4v) is 3.34. The third-order valence-corrected chi connectivity index (χ3v) is 4.94. The summed E-state index contributed by atoms with van der Waals surface area (Å²) in [5, 5.41) is 7.19. The quantitative estimate of drug-likeness (QED) is 0.906. The molecule has 0 radical (unpaired) electrons. The number of ether oxygens (including phenoxy) is 1. The van der Waals surface area contributed by atoms with Crippen LogP contribution in [-0.2, 0) is 0 Å². The number of halogens is 1. The van der Waals surface area contributed by atoms with Crippen LogP contribution in [0, 0.1) is 11.7 Å². The zero-order chi connectivity index (χ0) is 17.2. The van der Waals surface area contributed by atoms with Crippen LogP contribution in [0.1, 0.15) is 47.8 Å². The van der Waals surface area contributed by atoms with Gasteiger partial charge in [-0.3, -0.25) is 9.89 Å². The van der Waals surface area contributed by atoms with E-state index in [4.69, 9.17) is 4.74 Å². The van der Waals surface area contributed by atoms with Crippen molar-refractivity contribution in [3.63, 3.8) is 0 Å². The molecule has 6 heteroatoms. The van der Waals surface area contributed by atoms with Crippen molar-refractivity contribution in [2.45, 2.75) is 31.6 Å². The average molecular weight is 343 g/mol. The number of rotatable bonds is 5. The van der Waals surface area contributed by atoms with Gasteiger partial charge in [-0.1, -0.05) is 0 Å². The van der Waals surface area contributed by atoms with E-state index in [2.05, 4.69) is 10.2 Å². The number of amides is 1. The molecular weight excluding hydrogens is 321 g/mol. The first-order valence-corrected chi connectivity index (χ1v) is 8.92. The number of piperidine rings is 1. The highest BCUT2D eigenvalue weighted by Crippen LogP contribution is 2.39. The Morgan fingerprint density at radius 3 is 2.84 bits per heavy atom. The third kappa shape index (κ3) is 3.83. The van der Waals surface area contributed by atoms with Crippen molar-refractivity contribution in [1.82, 2.24) is 15.1 Å². The molecule has 2 heterocycles. The van der Waals surface area contributed by atoms with Gasteiger partial charge in [0.2, 0.25) is 0 Å². The molecule has 0 unspecified atom stereocenters. The Labute approximate surface area is 146 Å². The van der Waals surface area contributed by atoms with Gasteiger partial charge in [-0.2, -0.15) is 5.10 Å². The molecule has 1 aliphatic heterocycles. The second-order valence-electron chi connectivity index (χ2n) is 7.01. The SMILES string of the molecule is O=C(c1cc(C2CC2)[nH]n1)N1CCC[C@@H](COc2ccc(F)cc2)C1. The molecule has 1 N–H and O–H groups in total. The van der Waals surface area contributed by atoms with Crippen molar-refractivity contribution in [2.75, 3.05) is 19.7 Å². The molecule has 1 amide bonds. The summed E-state index contributed by atoms with van der Waals surface area (Å²) in [5.41, 5.74) is 1.60. The fraction of sp³-hybridized carbons (Fsp3) is 0.474. The number of H-pyrrole nitrogens is 1. The van der Waals surface area contributed by atoms with Gasteiger partial charge in [-0.05, 0) is 56.0 Å². The highest BCUT2D eigenvalue weighted by atomic mass is 19.1. The van der Waals surface area contributed by atoms with Crippen LogP contribution in [-0.4, -0.2) is 40.7 Å². The summed E-state index contributed by atoms with van der Waals surface area (Å²) >= 11 is 0. The highest BCUT2D eigenvalue weighted by Gasteiger charge is 2.29. The Bertz CT molecular complexity index is 739. The molecule has 5 nitrogen and oxygen atoms in total. The number of carbonyl (C=O) groups excluding carboxylic acids is 1. The third-order valence-electron chi connectivity index (χ3n) is 4.94. The number of carbonyl (C=O) groups is 1. The number of nitrogens with one attached hydrogen (secondary N) is 1. The van der Waals surface area contributed by atoms with Crippen molar-refractivity contribution in [1.29, 1.82) is 0 Å². The monoisotopic (exact) mass is 343 g/mol. The van der Waals surface area contributed by atoms with E-state index in [-0.39, 0.29) is 17.6 Å². The van der Waals surface area contributed by atoms with Crippen LogP contribution in [0.2, 0.25) is 0 Å².